The van der Waals surface area contributed by atoms with Gasteiger partial charge in [-0.1, -0.05) is 67.7 Å². The summed E-state index contributed by atoms with van der Waals surface area (Å²) >= 11 is 6.49. The van der Waals surface area contributed by atoms with E-state index in [2.05, 4.69) is 5.32 Å². The van der Waals surface area contributed by atoms with Gasteiger partial charge in [0, 0.05) is 12.1 Å². The van der Waals surface area contributed by atoms with Gasteiger partial charge in [-0.05, 0) is 24.6 Å². The molecule has 1 saturated heterocycles. The second-order valence-electron chi connectivity index (χ2n) is 7.32. The molecule has 0 bridgehead atoms. The van der Waals surface area contributed by atoms with Crippen LogP contribution in [-0.4, -0.2) is 40.0 Å². The Labute approximate surface area is 194 Å². The number of fused-ring (bicyclic) bond motifs is 1. The number of benzene rings is 2. The maximum absolute atomic E-state index is 13.9. The van der Waals surface area contributed by atoms with Crippen LogP contribution in [0.4, 0.5) is 15.8 Å². The van der Waals surface area contributed by atoms with Gasteiger partial charge >= 0.3 is 0 Å². The number of para-hydroxylation sites is 2. The number of thioether (sulfide) groups is 1. The highest BCUT2D eigenvalue weighted by Crippen LogP contribution is 2.44. The van der Waals surface area contributed by atoms with E-state index in [0.29, 0.717) is 22.1 Å². The van der Waals surface area contributed by atoms with Crippen LogP contribution in [0.25, 0.3) is 5.57 Å². The maximum Gasteiger partial charge on any atom is 0.267 e. The molecule has 3 amide bonds. The van der Waals surface area contributed by atoms with Gasteiger partial charge < -0.3 is 5.32 Å². The second-order valence-corrected chi connectivity index (χ2v) is 8.96. The first-order chi connectivity index (χ1) is 15.4. The highest BCUT2D eigenvalue weighted by atomic mass is 32.2. The van der Waals surface area contributed by atoms with Crippen molar-refractivity contribution in [1.82, 2.24) is 4.90 Å². The molecule has 6 nitrogen and oxygen atoms in total. The highest BCUT2D eigenvalue weighted by Gasteiger charge is 2.42. The van der Waals surface area contributed by atoms with Gasteiger partial charge in [-0.2, -0.15) is 0 Å². The number of nitrogens with zero attached hydrogens (tertiary/aromatic N) is 2. The molecule has 2 aliphatic heterocycles. The van der Waals surface area contributed by atoms with Crippen molar-refractivity contribution in [1.29, 1.82) is 0 Å². The van der Waals surface area contributed by atoms with E-state index in [-0.39, 0.29) is 28.6 Å². The number of hydrogen-bond donors (Lipinski definition) is 1. The summed E-state index contributed by atoms with van der Waals surface area (Å²) in [7, 11) is 0. The van der Waals surface area contributed by atoms with E-state index < -0.39 is 17.6 Å². The molecule has 164 valence electrons. The monoisotopic (exact) mass is 469 g/mol. The van der Waals surface area contributed by atoms with Crippen LogP contribution in [-0.2, 0) is 14.4 Å². The molecular weight excluding hydrogens is 449 g/mol. The number of nitrogens with one attached hydrogen (secondary N) is 1. The number of thiocarbonyl (C=S) groups is 1. The van der Waals surface area contributed by atoms with Crippen LogP contribution in [0.3, 0.4) is 0 Å². The Morgan fingerprint density at radius 3 is 2.53 bits per heavy atom. The van der Waals surface area contributed by atoms with Crippen LogP contribution in [0, 0.1) is 5.82 Å². The molecule has 0 saturated carbocycles. The van der Waals surface area contributed by atoms with E-state index in [4.69, 9.17) is 12.2 Å². The third-order valence-electron chi connectivity index (χ3n) is 5.18. The van der Waals surface area contributed by atoms with Gasteiger partial charge in [-0.3, -0.25) is 24.2 Å². The first kappa shape index (κ1) is 22.2. The zero-order chi connectivity index (χ0) is 22.8. The number of carbonyl (C=O) groups is 3. The molecule has 0 aliphatic carbocycles. The Hall–Kier alpha value is -3.04. The molecule has 9 heteroatoms. The van der Waals surface area contributed by atoms with Gasteiger partial charge in [0.2, 0.25) is 5.91 Å². The van der Waals surface area contributed by atoms with Gasteiger partial charge in [0.1, 0.15) is 16.7 Å². The van der Waals surface area contributed by atoms with Crippen molar-refractivity contribution in [3.05, 3.63) is 64.8 Å². The summed E-state index contributed by atoms with van der Waals surface area (Å²) in [5.74, 6) is -1.85. The molecule has 0 atom stereocenters. The summed E-state index contributed by atoms with van der Waals surface area (Å²) in [5.41, 5.74) is 1.38. The molecule has 0 spiro atoms. The lowest BCUT2D eigenvalue weighted by molar-refractivity contribution is -0.122. The van der Waals surface area contributed by atoms with Crippen LogP contribution >= 0.6 is 24.0 Å². The normalized spacial score (nSPS) is 17.9. The Kier molecular flexibility index (Phi) is 6.38. The first-order valence-corrected chi connectivity index (χ1v) is 11.4. The SMILES string of the molecule is CCCCN1C(=O)/C(=C2/C(=O)N(CC(=O)Nc3ccccc3F)c3ccccc32)SC1=S. The topological polar surface area (TPSA) is 69.7 Å². The van der Waals surface area contributed by atoms with Crippen molar-refractivity contribution >= 4 is 63.0 Å². The van der Waals surface area contributed by atoms with E-state index in [9.17, 15) is 18.8 Å². The van der Waals surface area contributed by atoms with Crippen LogP contribution in [0.5, 0.6) is 0 Å². The fourth-order valence-electron chi connectivity index (χ4n) is 3.61. The third kappa shape index (κ3) is 4.05. The molecule has 0 radical (unpaired) electrons. The van der Waals surface area contributed by atoms with Crippen LogP contribution in [0.1, 0.15) is 25.3 Å². The van der Waals surface area contributed by atoms with Gasteiger partial charge in [-0.25, -0.2) is 4.39 Å². The van der Waals surface area contributed by atoms with E-state index in [1.54, 1.807) is 30.3 Å². The lowest BCUT2D eigenvalue weighted by atomic mass is 10.1. The molecule has 2 aromatic rings. The molecule has 2 aliphatic rings. The van der Waals surface area contributed by atoms with Gasteiger partial charge in [0.25, 0.3) is 11.8 Å². The third-order valence-corrected chi connectivity index (χ3v) is 6.63. The van der Waals surface area contributed by atoms with Crippen LogP contribution in [0.2, 0.25) is 0 Å². The van der Waals surface area contributed by atoms with Crippen molar-refractivity contribution in [2.24, 2.45) is 0 Å². The zero-order valence-electron chi connectivity index (χ0n) is 17.3. The van der Waals surface area contributed by atoms with Crippen molar-refractivity contribution in [3.63, 3.8) is 0 Å². The predicted molar refractivity (Wildman–Crippen MR) is 128 cm³/mol. The Morgan fingerprint density at radius 2 is 1.78 bits per heavy atom. The minimum atomic E-state index is -0.564. The van der Waals surface area contributed by atoms with Crippen molar-refractivity contribution in [2.75, 3.05) is 23.3 Å². The maximum atomic E-state index is 13.9. The smallest absolute Gasteiger partial charge is 0.267 e. The van der Waals surface area contributed by atoms with Crippen molar-refractivity contribution in [3.8, 4) is 0 Å². The standard InChI is InChI=1S/C23H20FN3O3S2/c1-2-3-12-26-22(30)20(32-23(26)31)19-14-8-4-7-11-17(14)27(21(19)29)13-18(28)25-16-10-6-5-9-15(16)24/h4-11H,2-3,12-13H2,1H3,(H,25,28)/b20-19-. The van der Waals surface area contributed by atoms with Crippen LogP contribution < -0.4 is 10.2 Å². The number of rotatable bonds is 6. The minimum Gasteiger partial charge on any atom is -0.322 e. The average Bonchev–Trinajstić information content (AvgIpc) is 3.20. The van der Waals surface area contributed by atoms with E-state index in [0.717, 1.165) is 24.6 Å². The predicted octanol–water partition coefficient (Wildman–Crippen LogP) is 4.18. The number of anilines is 2. The lowest BCUT2D eigenvalue weighted by Crippen LogP contribution is -2.35. The fourth-order valence-corrected chi connectivity index (χ4v) is 4.99. The largest absolute Gasteiger partial charge is 0.322 e. The molecule has 1 fully saturated rings. The van der Waals surface area contributed by atoms with E-state index in [1.807, 2.05) is 6.92 Å². The summed E-state index contributed by atoms with van der Waals surface area (Å²) in [6.07, 6.45) is 1.72. The van der Waals surface area contributed by atoms with Gasteiger partial charge in [0.15, 0.2) is 0 Å². The molecule has 0 unspecified atom stereocenters. The van der Waals surface area contributed by atoms with Gasteiger partial charge in [-0.15, -0.1) is 0 Å². The van der Waals surface area contributed by atoms with E-state index in [1.165, 1.54) is 28.0 Å². The van der Waals surface area contributed by atoms with Crippen molar-refractivity contribution < 1.29 is 18.8 Å². The highest BCUT2D eigenvalue weighted by molar-refractivity contribution is 8.26. The Balaban J connectivity index is 1.64. The number of unbranched alkanes of at least 4 members (excludes halogenated alkanes) is 1. The lowest BCUT2D eigenvalue weighted by Gasteiger charge is -2.17. The summed E-state index contributed by atoms with van der Waals surface area (Å²) in [4.78, 5) is 42.1. The summed E-state index contributed by atoms with van der Waals surface area (Å²) < 4.78 is 14.3. The number of amides is 3. The second kappa shape index (κ2) is 9.22. The van der Waals surface area contributed by atoms with Crippen molar-refractivity contribution in [2.45, 2.75) is 19.8 Å². The molecular formula is C23H20FN3O3S2. The molecule has 2 aromatic carbocycles. The average molecular weight is 470 g/mol. The number of carbonyl (C=O) groups excluding carboxylic acids is 3. The Morgan fingerprint density at radius 1 is 1.06 bits per heavy atom. The summed E-state index contributed by atoms with van der Waals surface area (Å²) in [6, 6.07) is 12.8. The summed E-state index contributed by atoms with van der Waals surface area (Å²) in [6.45, 7) is 2.21. The van der Waals surface area contributed by atoms with Crippen LogP contribution in [0.15, 0.2) is 53.4 Å². The fraction of sp³-hybridized carbons (Fsp3) is 0.217. The molecule has 1 N–H and O–H groups in total. The first-order valence-electron chi connectivity index (χ1n) is 10.2. The summed E-state index contributed by atoms with van der Waals surface area (Å²) in [5, 5.41) is 2.49. The molecule has 32 heavy (non-hydrogen) atoms. The number of halogens is 1. The molecule has 2 heterocycles. The van der Waals surface area contributed by atoms with E-state index >= 15 is 0 Å². The Bertz CT molecular complexity index is 1160. The zero-order valence-corrected chi connectivity index (χ0v) is 18.9. The molecule has 4 rings (SSSR count). The quantitative estimate of drug-likeness (QED) is 0.508. The molecule has 0 aromatic heterocycles. The number of hydrogen-bond acceptors (Lipinski definition) is 5. The van der Waals surface area contributed by atoms with Gasteiger partial charge in [0.05, 0.1) is 21.9 Å². The minimum absolute atomic E-state index is 0.0365.